The molecule has 0 saturated carbocycles. The Balaban J connectivity index is 2.63. The monoisotopic (exact) mass is 495 g/mol. The van der Waals surface area contributed by atoms with E-state index in [2.05, 4.69) is 19.2 Å². The molecule has 9 heteroatoms. The Morgan fingerprint density at radius 3 is 1.89 bits per heavy atom. The van der Waals surface area contributed by atoms with E-state index >= 15 is 0 Å². The molecule has 1 aromatic carbocycles. The van der Waals surface area contributed by atoms with E-state index in [1.165, 1.54) is 44.9 Å². The maximum atomic E-state index is 12.1. The molecule has 2 N–H and O–H groups in total. The number of rotatable bonds is 18. The van der Waals surface area contributed by atoms with Crippen LogP contribution in [0, 0.1) is 0 Å². The number of carboxylic acid groups (broad SMARTS) is 1. The van der Waals surface area contributed by atoms with Gasteiger partial charge in [-0.2, -0.15) is 0 Å². The predicted octanol–water partition coefficient (Wildman–Crippen LogP) is 7.18. The number of ether oxygens (including phenoxy) is 4. The molecule has 0 atom stereocenters. The Hall–Kier alpha value is -2.97. The Kier molecular flexibility index (Phi) is 15.8. The van der Waals surface area contributed by atoms with Gasteiger partial charge in [0.05, 0.1) is 20.3 Å². The number of benzene rings is 1. The van der Waals surface area contributed by atoms with Crippen molar-refractivity contribution in [3.05, 3.63) is 17.7 Å². The zero-order valence-electron chi connectivity index (χ0n) is 21.4. The molecule has 0 bridgehead atoms. The fourth-order valence-corrected chi connectivity index (χ4v) is 3.44. The first-order valence-corrected chi connectivity index (χ1v) is 12.7. The standard InChI is InChI=1S/C26H41NO8/c1-4-6-8-10-12-14-16-33-25(30)27-20-18-21(24(28)29)23(22(19-20)32-3)35-26(31)34-17-15-13-11-9-7-5-2/h18-19H,4-17H2,1-3H3,(H,27,30)(H,28,29). The minimum Gasteiger partial charge on any atom is -0.493 e. The molecule has 0 radical (unpaired) electrons. The molecule has 0 fully saturated rings. The van der Waals surface area contributed by atoms with Crippen LogP contribution in [0.5, 0.6) is 11.5 Å². The highest BCUT2D eigenvalue weighted by Gasteiger charge is 2.23. The largest absolute Gasteiger partial charge is 0.514 e. The van der Waals surface area contributed by atoms with Crippen LogP contribution in [0.15, 0.2) is 12.1 Å². The number of unbranched alkanes of at least 4 members (excludes halogenated alkanes) is 10. The summed E-state index contributed by atoms with van der Waals surface area (Å²) in [6.45, 7) is 4.75. The number of amides is 1. The molecule has 0 aromatic heterocycles. The molecule has 198 valence electrons. The molecule has 9 nitrogen and oxygen atoms in total. The molecule has 0 unspecified atom stereocenters. The highest BCUT2D eigenvalue weighted by atomic mass is 16.7. The second-order valence-corrected chi connectivity index (χ2v) is 8.36. The van der Waals surface area contributed by atoms with E-state index in [0.29, 0.717) is 6.42 Å². The van der Waals surface area contributed by atoms with Gasteiger partial charge in [0.25, 0.3) is 0 Å². The number of carbonyl (C=O) groups is 3. The van der Waals surface area contributed by atoms with E-state index in [0.717, 1.165) is 44.9 Å². The Morgan fingerprint density at radius 2 is 1.34 bits per heavy atom. The lowest BCUT2D eigenvalue weighted by Crippen LogP contribution is -2.17. The average Bonchev–Trinajstić information content (AvgIpc) is 2.83. The van der Waals surface area contributed by atoms with Crippen molar-refractivity contribution in [1.29, 1.82) is 0 Å². The van der Waals surface area contributed by atoms with Crippen LogP contribution in [-0.2, 0) is 9.47 Å². The Bertz CT molecular complexity index is 781. The van der Waals surface area contributed by atoms with Crippen LogP contribution >= 0.6 is 0 Å². The third kappa shape index (κ3) is 12.9. The van der Waals surface area contributed by atoms with Gasteiger partial charge in [-0.05, 0) is 18.9 Å². The third-order valence-electron chi connectivity index (χ3n) is 5.39. The van der Waals surface area contributed by atoms with Crippen LogP contribution in [0.3, 0.4) is 0 Å². The highest BCUT2D eigenvalue weighted by Crippen LogP contribution is 2.35. The van der Waals surface area contributed by atoms with Crippen molar-refractivity contribution in [2.45, 2.75) is 90.9 Å². The zero-order valence-corrected chi connectivity index (χ0v) is 21.4. The van der Waals surface area contributed by atoms with Gasteiger partial charge < -0.3 is 24.1 Å². The maximum Gasteiger partial charge on any atom is 0.514 e. The van der Waals surface area contributed by atoms with Gasteiger partial charge in [-0.15, -0.1) is 0 Å². The number of anilines is 1. The van der Waals surface area contributed by atoms with Crippen molar-refractivity contribution < 1.29 is 38.4 Å². The molecule has 1 rings (SSSR count). The van der Waals surface area contributed by atoms with Crippen LogP contribution < -0.4 is 14.8 Å². The van der Waals surface area contributed by atoms with E-state index in [1.54, 1.807) is 0 Å². The van der Waals surface area contributed by atoms with Gasteiger partial charge in [-0.1, -0.05) is 78.1 Å². The topological polar surface area (TPSA) is 120 Å². The van der Waals surface area contributed by atoms with Gasteiger partial charge in [0.15, 0.2) is 11.5 Å². The summed E-state index contributed by atoms with van der Waals surface area (Å²) >= 11 is 0. The van der Waals surface area contributed by atoms with E-state index in [4.69, 9.17) is 18.9 Å². The number of nitrogens with one attached hydrogen (secondary N) is 1. The molecular weight excluding hydrogens is 454 g/mol. The van der Waals surface area contributed by atoms with Crippen molar-refractivity contribution in [3.63, 3.8) is 0 Å². The fourth-order valence-electron chi connectivity index (χ4n) is 3.44. The third-order valence-corrected chi connectivity index (χ3v) is 5.39. The molecule has 0 aliphatic rings. The lowest BCUT2D eigenvalue weighted by molar-refractivity contribution is 0.0687. The summed E-state index contributed by atoms with van der Waals surface area (Å²) in [5.41, 5.74) is -0.216. The minimum atomic E-state index is -1.36. The summed E-state index contributed by atoms with van der Waals surface area (Å²) in [5.74, 6) is -1.68. The van der Waals surface area contributed by atoms with Gasteiger partial charge in [-0.25, -0.2) is 14.4 Å². The molecular formula is C26H41NO8. The summed E-state index contributed by atoms with van der Waals surface area (Å²) in [4.78, 5) is 36.0. The van der Waals surface area contributed by atoms with E-state index < -0.39 is 18.2 Å². The second-order valence-electron chi connectivity index (χ2n) is 8.36. The first-order chi connectivity index (χ1) is 16.9. The Morgan fingerprint density at radius 1 is 0.800 bits per heavy atom. The van der Waals surface area contributed by atoms with E-state index in [9.17, 15) is 19.5 Å². The van der Waals surface area contributed by atoms with E-state index in [1.807, 2.05) is 0 Å². The number of hydrogen-bond acceptors (Lipinski definition) is 7. The molecule has 0 saturated heterocycles. The summed E-state index contributed by atoms with van der Waals surface area (Å²) in [6.07, 6.45) is 10.8. The average molecular weight is 496 g/mol. The van der Waals surface area contributed by atoms with Crippen LogP contribution in [0.4, 0.5) is 15.3 Å². The SMILES string of the molecule is CCCCCCCCOC(=O)Nc1cc(OC)c(OC(=O)OCCCCCCCC)c(C(=O)O)c1. The number of aromatic carboxylic acids is 1. The number of methoxy groups -OCH3 is 1. The van der Waals surface area contributed by atoms with E-state index in [-0.39, 0.29) is 36.0 Å². The van der Waals surface area contributed by atoms with Gasteiger partial charge in [-0.3, -0.25) is 5.32 Å². The molecule has 1 amide bonds. The molecule has 0 heterocycles. The van der Waals surface area contributed by atoms with Crippen LogP contribution in [0.1, 0.15) is 101 Å². The first kappa shape index (κ1) is 30.1. The molecule has 35 heavy (non-hydrogen) atoms. The molecule has 1 aromatic rings. The summed E-state index contributed by atoms with van der Waals surface area (Å²) < 4.78 is 20.6. The summed E-state index contributed by atoms with van der Waals surface area (Å²) in [6, 6.07) is 2.53. The fraction of sp³-hybridized carbons (Fsp3) is 0.654. The van der Waals surface area contributed by atoms with Crippen LogP contribution in [0.2, 0.25) is 0 Å². The van der Waals surface area contributed by atoms with Crippen molar-refractivity contribution in [2.75, 3.05) is 25.6 Å². The Labute approximate surface area is 208 Å². The predicted molar refractivity (Wildman–Crippen MR) is 134 cm³/mol. The smallest absolute Gasteiger partial charge is 0.493 e. The quantitative estimate of drug-likeness (QED) is 0.125. The number of hydrogen-bond donors (Lipinski definition) is 2. The second kappa shape index (κ2) is 18.4. The van der Waals surface area contributed by atoms with Crippen molar-refractivity contribution in [1.82, 2.24) is 0 Å². The lowest BCUT2D eigenvalue weighted by Gasteiger charge is -2.14. The lowest BCUT2D eigenvalue weighted by atomic mass is 10.1. The van der Waals surface area contributed by atoms with Gasteiger partial charge in [0.2, 0.25) is 0 Å². The highest BCUT2D eigenvalue weighted by molar-refractivity contribution is 5.96. The van der Waals surface area contributed by atoms with Crippen molar-refractivity contribution in [3.8, 4) is 11.5 Å². The van der Waals surface area contributed by atoms with Gasteiger partial charge >= 0.3 is 18.2 Å². The number of carbonyl (C=O) groups excluding carboxylic acids is 2. The van der Waals surface area contributed by atoms with Crippen molar-refractivity contribution >= 4 is 23.9 Å². The summed E-state index contributed by atoms with van der Waals surface area (Å²) in [7, 11) is 1.30. The van der Waals surface area contributed by atoms with Gasteiger partial charge in [0.1, 0.15) is 5.56 Å². The first-order valence-electron chi connectivity index (χ1n) is 12.7. The molecule has 0 aliphatic heterocycles. The maximum absolute atomic E-state index is 12.1. The van der Waals surface area contributed by atoms with Crippen molar-refractivity contribution in [2.24, 2.45) is 0 Å². The summed E-state index contributed by atoms with van der Waals surface area (Å²) in [5, 5.41) is 12.1. The zero-order chi connectivity index (χ0) is 25.9. The van der Waals surface area contributed by atoms with Crippen LogP contribution in [-0.4, -0.2) is 43.6 Å². The van der Waals surface area contributed by atoms with Crippen LogP contribution in [0.25, 0.3) is 0 Å². The normalized spacial score (nSPS) is 10.5. The molecule has 0 aliphatic carbocycles. The minimum absolute atomic E-state index is 0.0346. The number of carboxylic acids is 1. The molecule has 0 spiro atoms. The van der Waals surface area contributed by atoms with Gasteiger partial charge in [0, 0.05) is 11.8 Å².